The maximum absolute atomic E-state index is 13.1. The van der Waals surface area contributed by atoms with Crippen LogP contribution in [0.4, 0.5) is 0 Å². The molecule has 1 aliphatic carbocycles. The lowest BCUT2D eigenvalue weighted by Gasteiger charge is -2.21. The van der Waals surface area contributed by atoms with E-state index in [9.17, 15) is 43.2 Å². The van der Waals surface area contributed by atoms with Crippen molar-refractivity contribution in [2.75, 3.05) is 39.6 Å². The molecule has 7 atom stereocenters. The van der Waals surface area contributed by atoms with E-state index in [1.165, 1.54) is 199 Å². The molecule has 0 bridgehead atoms. The molecule has 0 saturated heterocycles. The number of aliphatic hydroxyl groups is 1. The molecule has 1 saturated carbocycles. The van der Waals surface area contributed by atoms with Crippen LogP contribution in [0.3, 0.4) is 0 Å². The second kappa shape index (κ2) is 64.2. The number of unbranched alkanes of at least 4 members (excludes halogenated alkanes) is 41. The Bertz CT molecular complexity index is 1910. The van der Waals surface area contributed by atoms with E-state index in [1.54, 1.807) is 0 Å². The number of allylic oxidation sites excluding steroid dienone is 2. The van der Waals surface area contributed by atoms with Gasteiger partial charge in [-0.2, -0.15) is 0 Å². The van der Waals surface area contributed by atoms with Crippen molar-refractivity contribution in [3.63, 3.8) is 0 Å². The van der Waals surface area contributed by atoms with E-state index in [2.05, 4.69) is 39.8 Å². The molecule has 1 aliphatic rings. The summed E-state index contributed by atoms with van der Waals surface area (Å²) < 4.78 is 68.6. The van der Waals surface area contributed by atoms with E-state index in [0.29, 0.717) is 25.7 Å². The Labute approximate surface area is 573 Å². The summed E-state index contributed by atoms with van der Waals surface area (Å²) in [5.41, 5.74) is 0. The quantitative estimate of drug-likeness (QED) is 0.0169. The molecular weight excluding hydrogens is 1230 g/mol. The summed E-state index contributed by atoms with van der Waals surface area (Å²) in [5, 5.41) is 10.6. The number of phosphoric acid groups is 2. The molecular formula is C75H142O17P2. The van der Waals surface area contributed by atoms with Crippen molar-refractivity contribution in [3.8, 4) is 0 Å². The maximum Gasteiger partial charge on any atom is 0.472 e. The number of rotatable bonds is 73. The Morgan fingerprint density at radius 2 is 0.585 bits per heavy atom. The third-order valence-corrected chi connectivity index (χ3v) is 19.9. The Morgan fingerprint density at radius 1 is 0.340 bits per heavy atom. The molecule has 0 heterocycles. The van der Waals surface area contributed by atoms with Gasteiger partial charge in [-0.3, -0.25) is 37.3 Å². The van der Waals surface area contributed by atoms with Gasteiger partial charge in [-0.15, -0.1) is 0 Å². The summed E-state index contributed by atoms with van der Waals surface area (Å²) >= 11 is 0. The van der Waals surface area contributed by atoms with Crippen LogP contribution in [-0.4, -0.2) is 96.7 Å². The van der Waals surface area contributed by atoms with Crippen molar-refractivity contribution >= 4 is 39.5 Å². The van der Waals surface area contributed by atoms with E-state index >= 15 is 0 Å². The van der Waals surface area contributed by atoms with Crippen LogP contribution in [0, 0.1) is 11.8 Å². The molecule has 3 N–H and O–H groups in total. The predicted octanol–water partition coefficient (Wildman–Crippen LogP) is 21.5. The van der Waals surface area contributed by atoms with Gasteiger partial charge in [0.25, 0.3) is 0 Å². The van der Waals surface area contributed by atoms with Gasteiger partial charge in [-0.25, -0.2) is 9.13 Å². The van der Waals surface area contributed by atoms with Crippen LogP contribution >= 0.6 is 15.6 Å². The van der Waals surface area contributed by atoms with Crippen LogP contribution in [-0.2, 0) is 65.4 Å². The van der Waals surface area contributed by atoms with Crippen LogP contribution in [0.2, 0.25) is 0 Å². The SMILES string of the molecule is CCCCCCCC/C=C/CCCCCCCC(=O)OC(COC(=O)CCCCCCCCCCCCCCC)COP(=O)(O)OCC(O)COP(=O)(O)OCC(COC(=O)CCCCCCCCCCCCCC)OC(=O)CCCCCCCC1CC1CCCCCC. The van der Waals surface area contributed by atoms with Gasteiger partial charge in [-0.05, 0) is 69.6 Å². The maximum atomic E-state index is 13.1. The molecule has 0 aromatic rings. The largest absolute Gasteiger partial charge is 0.472 e. The fourth-order valence-electron chi connectivity index (χ4n) is 11.9. The van der Waals surface area contributed by atoms with Gasteiger partial charge in [0, 0.05) is 25.7 Å². The van der Waals surface area contributed by atoms with Crippen molar-refractivity contribution in [3.05, 3.63) is 12.2 Å². The minimum absolute atomic E-state index is 0.0955. The highest BCUT2D eigenvalue weighted by atomic mass is 31.2. The van der Waals surface area contributed by atoms with Gasteiger partial charge < -0.3 is 33.8 Å². The van der Waals surface area contributed by atoms with Gasteiger partial charge in [0.15, 0.2) is 12.2 Å². The summed E-state index contributed by atoms with van der Waals surface area (Å²) in [5.74, 6) is -0.340. The van der Waals surface area contributed by atoms with E-state index in [-0.39, 0.29) is 25.7 Å². The molecule has 17 nitrogen and oxygen atoms in total. The highest BCUT2D eigenvalue weighted by Crippen LogP contribution is 2.47. The number of aliphatic hydroxyl groups excluding tert-OH is 1. The molecule has 94 heavy (non-hydrogen) atoms. The Morgan fingerprint density at radius 3 is 0.894 bits per heavy atom. The zero-order valence-electron chi connectivity index (χ0n) is 60.4. The fourth-order valence-corrected chi connectivity index (χ4v) is 13.4. The summed E-state index contributed by atoms with van der Waals surface area (Å²) in [6.45, 7) is 4.98. The second-order valence-corrected chi connectivity index (χ2v) is 30.1. The zero-order chi connectivity index (χ0) is 68.7. The minimum atomic E-state index is -4.96. The van der Waals surface area contributed by atoms with Crippen molar-refractivity contribution in [2.24, 2.45) is 11.8 Å². The highest BCUT2D eigenvalue weighted by Gasteiger charge is 2.35. The summed E-state index contributed by atoms with van der Waals surface area (Å²) in [4.78, 5) is 72.8. The lowest BCUT2D eigenvalue weighted by Crippen LogP contribution is -2.30. The number of phosphoric ester groups is 2. The van der Waals surface area contributed by atoms with E-state index in [0.717, 1.165) is 108 Å². The average molecular weight is 1380 g/mol. The number of hydrogen-bond donors (Lipinski definition) is 3. The van der Waals surface area contributed by atoms with Crippen LogP contribution in [0.5, 0.6) is 0 Å². The molecule has 0 aromatic heterocycles. The monoisotopic (exact) mass is 1380 g/mol. The van der Waals surface area contributed by atoms with Crippen LogP contribution in [0.25, 0.3) is 0 Å². The lowest BCUT2D eigenvalue weighted by molar-refractivity contribution is -0.161. The molecule has 1 fully saturated rings. The number of carbonyl (C=O) groups is 4. The summed E-state index contributed by atoms with van der Waals surface area (Å²) in [7, 11) is -9.91. The lowest BCUT2D eigenvalue weighted by atomic mass is 10.0. The summed E-state index contributed by atoms with van der Waals surface area (Å²) in [6.07, 6.45) is 58.2. The van der Waals surface area contributed by atoms with Crippen LogP contribution in [0.1, 0.15) is 374 Å². The normalized spacial score (nSPS) is 16.2. The zero-order valence-corrected chi connectivity index (χ0v) is 62.2. The molecule has 0 amide bonds. The molecule has 0 aliphatic heterocycles. The van der Waals surface area contributed by atoms with E-state index in [1.807, 2.05) is 0 Å². The Hall–Kier alpha value is -2.20. The number of ether oxygens (including phenoxy) is 4. The highest BCUT2D eigenvalue weighted by molar-refractivity contribution is 7.47. The third kappa shape index (κ3) is 60.9. The minimum Gasteiger partial charge on any atom is -0.462 e. The molecule has 1 rings (SSSR count). The summed E-state index contributed by atoms with van der Waals surface area (Å²) in [6, 6.07) is 0. The third-order valence-electron chi connectivity index (χ3n) is 18.0. The fraction of sp³-hybridized carbons (Fsp3) is 0.920. The van der Waals surface area contributed by atoms with Crippen molar-refractivity contribution in [1.82, 2.24) is 0 Å². The predicted molar refractivity (Wildman–Crippen MR) is 379 cm³/mol. The van der Waals surface area contributed by atoms with Crippen molar-refractivity contribution in [2.45, 2.75) is 393 Å². The first-order valence-corrected chi connectivity index (χ1v) is 41.9. The number of carbonyl (C=O) groups excluding carboxylic acids is 4. The van der Waals surface area contributed by atoms with E-state index < -0.39 is 97.5 Å². The van der Waals surface area contributed by atoms with Crippen LogP contribution < -0.4 is 0 Å². The average Bonchev–Trinajstić information content (AvgIpc) is 1.80. The van der Waals surface area contributed by atoms with Gasteiger partial charge in [0.2, 0.25) is 0 Å². The van der Waals surface area contributed by atoms with Crippen molar-refractivity contribution in [1.29, 1.82) is 0 Å². The first-order valence-electron chi connectivity index (χ1n) is 38.9. The first kappa shape index (κ1) is 89.8. The van der Waals surface area contributed by atoms with E-state index in [4.69, 9.17) is 37.0 Å². The van der Waals surface area contributed by atoms with Gasteiger partial charge in [-0.1, -0.05) is 303 Å². The smallest absolute Gasteiger partial charge is 0.462 e. The van der Waals surface area contributed by atoms with Crippen molar-refractivity contribution < 1.29 is 80.2 Å². The molecule has 7 unspecified atom stereocenters. The molecule has 19 heteroatoms. The van der Waals surface area contributed by atoms with Crippen LogP contribution in [0.15, 0.2) is 12.2 Å². The number of hydrogen-bond acceptors (Lipinski definition) is 15. The van der Waals surface area contributed by atoms with Gasteiger partial charge >= 0.3 is 39.5 Å². The standard InChI is InChI=1S/C75H142O17P2/c1-5-9-13-17-20-23-26-29-30-32-35-38-41-46-52-58-74(79)91-70(63-85-72(77)57-51-45-40-37-34-31-27-24-21-18-14-10-6-2)65-89-93(81,82)87-61-69(76)62-88-94(83,84)90-66-71(64-86-73(78)56-50-44-39-36-33-28-25-22-19-15-11-7-3)92-75(80)59-53-47-42-43-49-55-68-60-67(68)54-48-16-12-8-4/h29-30,67-71,76H,5-28,31-66H2,1-4H3,(H,81,82)(H,83,84)/b30-29+. The van der Waals surface area contributed by atoms with Gasteiger partial charge in [0.1, 0.15) is 19.3 Å². The second-order valence-electron chi connectivity index (χ2n) is 27.2. The Kier molecular flexibility index (Phi) is 61.3. The topological polar surface area (TPSA) is 237 Å². The molecule has 0 aromatic carbocycles. The molecule has 0 spiro atoms. The Balaban J connectivity index is 2.71. The first-order chi connectivity index (χ1) is 45.6. The van der Waals surface area contributed by atoms with Gasteiger partial charge in [0.05, 0.1) is 26.4 Å². The molecule has 554 valence electrons. The number of esters is 4. The molecule has 0 radical (unpaired) electrons.